The standard InChI is InChI=1S/C13H19NO3S/c1-2-17-12-6-8-13(9-7-12)18(15,16)14-10-4-3-5-11-14/h6-9H,2-5,10-11H2,1H3. The number of nitrogens with zero attached hydrogens (tertiary/aromatic N) is 1. The Balaban J connectivity index is 2.18. The highest BCUT2D eigenvalue weighted by Gasteiger charge is 2.25. The van der Waals surface area contributed by atoms with Crippen molar-refractivity contribution in [3.8, 4) is 5.75 Å². The van der Waals surface area contributed by atoms with Gasteiger partial charge in [-0.05, 0) is 44.0 Å². The van der Waals surface area contributed by atoms with E-state index in [1.54, 1.807) is 28.6 Å². The summed E-state index contributed by atoms with van der Waals surface area (Å²) in [5, 5.41) is 0. The van der Waals surface area contributed by atoms with Crippen LogP contribution in [0, 0.1) is 0 Å². The molecule has 18 heavy (non-hydrogen) atoms. The molecule has 0 aliphatic carbocycles. The molecule has 0 spiro atoms. The molecule has 0 aromatic heterocycles. The van der Waals surface area contributed by atoms with E-state index >= 15 is 0 Å². The van der Waals surface area contributed by atoms with Crippen LogP contribution in [0.15, 0.2) is 29.2 Å². The molecule has 0 unspecified atom stereocenters. The molecule has 0 radical (unpaired) electrons. The molecule has 1 aliphatic heterocycles. The first-order valence-electron chi connectivity index (χ1n) is 6.37. The first-order chi connectivity index (χ1) is 8.64. The van der Waals surface area contributed by atoms with Crippen LogP contribution in [0.3, 0.4) is 0 Å². The summed E-state index contributed by atoms with van der Waals surface area (Å²) in [4.78, 5) is 0.354. The Kier molecular flexibility index (Phi) is 4.24. The van der Waals surface area contributed by atoms with Crippen LogP contribution >= 0.6 is 0 Å². The topological polar surface area (TPSA) is 46.6 Å². The normalized spacial score (nSPS) is 17.6. The Hall–Kier alpha value is -1.07. The average Bonchev–Trinajstić information content (AvgIpc) is 2.41. The van der Waals surface area contributed by atoms with Crippen molar-refractivity contribution in [3.05, 3.63) is 24.3 Å². The molecule has 2 rings (SSSR count). The molecule has 5 heteroatoms. The van der Waals surface area contributed by atoms with E-state index in [1.807, 2.05) is 6.92 Å². The van der Waals surface area contributed by atoms with E-state index in [1.165, 1.54) is 0 Å². The predicted molar refractivity (Wildman–Crippen MR) is 70.2 cm³/mol. The summed E-state index contributed by atoms with van der Waals surface area (Å²) in [6.45, 7) is 3.75. The summed E-state index contributed by atoms with van der Waals surface area (Å²) in [5.74, 6) is 0.704. The SMILES string of the molecule is CCOc1ccc(S(=O)(=O)N2CCCCC2)cc1. The van der Waals surface area contributed by atoms with E-state index in [4.69, 9.17) is 4.74 Å². The zero-order valence-corrected chi connectivity index (χ0v) is 11.4. The van der Waals surface area contributed by atoms with Crippen LogP contribution < -0.4 is 4.74 Å². The summed E-state index contributed by atoms with van der Waals surface area (Å²) in [6, 6.07) is 6.66. The van der Waals surface area contributed by atoms with Crippen LogP contribution in [-0.4, -0.2) is 32.4 Å². The van der Waals surface area contributed by atoms with Crippen LogP contribution in [-0.2, 0) is 10.0 Å². The Bertz CT molecular complexity index is 475. The number of hydrogen-bond donors (Lipinski definition) is 0. The molecule has 1 aromatic carbocycles. The maximum Gasteiger partial charge on any atom is 0.243 e. The highest BCUT2D eigenvalue weighted by molar-refractivity contribution is 7.89. The van der Waals surface area contributed by atoms with E-state index in [0.717, 1.165) is 19.3 Å². The van der Waals surface area contributed by atoms with Crippen molar-refractivity contribution in [3.63, 3.8) is 0 Å². The third-order valence-electron chi connectivity index (χ3n) is 3.09. The molecule has 0 bridgehead atoms. The fourth-order valence-electron chi connectivity index (χ4n) is 2.13. The maximum absolute atomic E-state index is 12.3. The predicted octanol–water partition coefficient (Wildman–Crippen LogP) is 2.26. The number of rotatable bonds is 4. The molecule has 1 aromatic rings. The van der Waals surface area contributed by atoms with Gasteiger partial charge in [-0.15, -0.1) is 0 Å². The molecule has 0 atom stereocenters. The lowest BCUT2D eigenvalue weighted by atomic mass is 10.2. The molecule has 100 valence electrons. The van der Waals surface area contributed by atoms with Crippen molar-refractivity contribution < 1.29 is 13.2 Å². The fraction of sp³-hybridized carbons (Fsp3) is 0.538. The molecule has 0 N–H and O–H groups in total. The van der Waals surface area contributed by atoms with Gasteiger partial charge in [0.05, 0.1) is 11.5 Å². The van der Waals surface area contributed by atoms with E-state index in [9.17, 15) is 8.42 Å². The van der Waals surface area contributed by atoms with Gasteiger partial charge in [-0.2, -0.15) is 4.31 Å². The first kappa shape index (κ1) is 13.4. The second kappa shape index (κ2) is 5.71. The minimum Gasteiger partial charge on any atom is -0.494 e. The van der Waals surface area contributed by atoms with Gasteiger partial charge in [0.25, 0.3) is 0 Å². The highest BCUT2D eigenvalue weighted by Crippen LogP contribution is 2.22. The molecule has 1 saturated heterocycles. The van der Waals surface area contributed by atoms with E-state index < -0.39 is 10.0 Å². The number of benzene rings is 1. The van der Waals surface area contributed by atoms with Gasteiger partial charge in [-0.1, -0.05) is 6.42 Å². The summed E-state index contributed by atoms with van der Waals surface area (Å²) < 4.78 is 31.6. The van der Waals surface area contributed by atoms with Crippen molar-refractivity contribution >= 4 is 10.0 Å². The van der Waals surface area contributed by atoms with Crippen molar-refractivity contribution in [2.45, 2.75) is 31.1 Å². The second-order valence-corrected chi connectivity index (χ2v) is 6.31. The smallest absolute Gasteiger partial charge is 0.243 e. The average molecular weight is 269 g/mol. The van der Waals surface area contributed by atoms with Crippen LogP contribution in [0.1, 0.15) is 26.2 Å². The number of hydrogen-bond acceptors (Lipinski definition) is 3. The largest absolute Gasteiger partial charge is 0.494 e. The van der Waals surface area contributed by atoms with Gasteiger partial charge in [0.2, 0.25) is 10.0 Å². The summed E-state index contributed by atoms with van der Waals surface area (Å²) in [5.41, 5.74) is 0. The molecule has 4 nitrogen and oxygen atoms in total. The Morgan fingerprint density at radius 1 is 1.11 bits per heavy atom. The molecule has 0 amide bonds. The quantitative estimate of drug-likeness (QED) is 0.842. The minimum atomic E-state index is -3.32. The number of sulfonamides is 1. The highest BCUT2D eigenvalue weighted by atomic mass is 32.2. The fourth-order valence-corrected chi connectivity index (χ4v) is 3.65. The Labute approximate surface area is 109 Å². The van der Waals surface area contributed by atoms with Gasteiger partial charge in [0.1, 0.15) is 5.75 Å². The van der Waals surface area contributed by atoms with Gasteiger partial charge in [0, 0.05) is 13.1 Å². The monoisotopic (exact) mass is 269 g/mol. The Morgan fingerprint density at radius 2 is 1.72 bits per heavy atom. The third kappa shape index (κ3) is 2.84. The van der Waals surface area contributed by atoms with E-state index in [-0.39, 0.29) is 0 Å². The van der Waals surface area contributed by atoms with E-state index in [2.05, 4.69) is 0 Å². The van der Waals surface area contributed by atoms with Gasteiger partial charge in [0.15, 0.2) is 0 Å². The van der Waals surface area contributed by atoms with Crippen LogP contribution in [0.2, 0.25) is 0 Å². The van der Waals surface area contributed by atoms with Crippen molar-refractivity contribution in [1.82, 2.24) is 4.31 Å². The first-order valence-corrected chi connectivity index (χ1v) is 7.81. The number of ether oxygens (including phenoxy) is 1. The zero-order chi connectivity index (χ0) is 13.0. The lowest BCUT2D eigenvalue weighted by molar-refractivity contribution is 0.339. The number of piperidine rings is 1. The lowest BCUT2D eigenvalue weighted by Crippen LogP contribution is -2.35. The second-order valence-electron chi connectivity index (χ2n) is 4.37. The van der Waals surface area contributed by atoms with Crippen LogP contribution in [0.25, 0.3) is 0 Å². The van der Waals surface area contributed by atoms with Gasteiger partial charge < -0.3 is 4.74 Å². The van der Waals surface area contributed by atoms with Gasteiger partial charge >= 0.3 is 0 Å². The minimum absolute atomic E-state index is 0.354. The summed E-state index contributed by atoms with van der Waals surface area (Å²) in [7, 11) is -3.32. The molecule has 0 saturated carbocycles. The molecule has 1 heterocycles. The summed E-state index contributed by atoms with van der Waals surface area (Å²) in [6.07, 6.45) is 3.03. The molecular weight excluding hydrogens is 250 g/mol. The Morgan fingerprint density at radius 3 is 2.28 bits per heavy atom. The van der Waals surface area contributed by atoms with Crippen molar-refractivity contribution in [2.24, 2.45) is 0 Å². The van der Waals surface area contributed by atoms with Gasteiger partial charge in [-0.25, -0.2) is 8.42 Å². The van der Waals surface area contributed by atoms with E-state index in [0.29, 0.717) is 30.3 Å². The lowest BCUT2D eigenvalue weighted by Gasteiger charge is -2.25. The zero-order valence-electron chi connectivity index (χ0n) is 10.6. The van der Waals surface area contributed by atoms with Crippen molar-refractivity contribution in [1.29, 1.82) is 0 Å². The maximum atomic E-state index is 12.3. The van der Waals surface area contributed by atoms with Gasteiger partial charge in [-0.3, -0.25) is 0 Å². The molecule has 1 fully saturated rings. The van der Waals surface area contributed by atoms with Crippen molar-refractivity contribution in [2.75, 3.05) is 19.7 Å². The van der Waals surface area contributed by atoms with Crippen LogP contribution in [0.5, 0.6) is 5.75 Å². The molecule has 1 aliphatic rings. The third-order valence-corrected chi connectivity index (χ3v) is 5.00. The van der Waals surface area contributed by atoms with Crippen LogP contribution in [0.4, 0.5) is 0 Å². The molecular formula is C13H19NO3S. The summed E-state index contributed by atoms with van der Waals surface area (Å²) >= 11 is 0.